The number of ether oxygens (including phenoxy) is 1. The highest BCUT2D eigenvalue weighted by atomic mass is 32.2. The van der Waals surface area contributed by atoms with Gasteiger partial charge in [0.2, 0.25) is 0 Å². The van der Waals surface area contributed by atoms with E-state index in [1.807, 2.05) is 13.8 Å². The van der Waals surface area contributed by atoms with Crippen molar-refractivity contribution in [1.29, 1.82) is 0 Å². The summed E-state index contributed by atoms with van der Waals surface area (Å²) in [5.74, 6) is -0.609. The molecule has 0 N–H and O–H groups in total. The first-order valence-corrected chi connectivity index (χ1v) is 10.7. The van der Waals surface area contributed by atoms with Gasteiger partial charge in [-0.05, 0) is 26.2 Å². The molecule has 146 valence electrons. The van der Waals surface area contributed by atoms with Crippen LogP contribution in [0.2, 0.25) is 0 Å². The smallest absolute Gasteiger partial charge is 0.344 e. The van der Waals surface area contributed by atoms with Crippen LogP contribution >= 0.6 is 0 Å². The zero-order valence-corrected chi connectivity index (χ0v) is 16.3. The summed E-state index contributed by atoms with van der Waals surface area (Å²) in [7, 11) is -3.10. The molecule has 1 fully saturated rings. The molecule has 0 radical (unpaired) electrons. The molecule has 26 heavy (non-hydrogen) atoms. The van der Waals surface area contributed by atoms with Crippen molar-refractivity contribution in [3.05, 3.63) is 17.0 Å². The van der Waals surface area contributed by atoms with E-state index in [9.17, 15) is 18.0 Å². The van der Waals surface area contributed by atoms with Crippen molar-refractivity contribution in [2.24, 2.45) is 0 Å². The molecule has 1 saturated heterocycles. The largest absolute Gasteiger partial charge is 0.452 e. The Labute approximate surface area is 153 Å². The van der Waals surface area contributed by atoms with Crippen molar-refractivity contribution in [3.8, 4) is 0 Å². The zero-order chi connectivity index (χ0) is 19.3. The molecular weight excluding hydrogens is 360 g/mol. The summed E-state index contributed by atoms with van der Waals surface area (Å²) in [6.45, 7) is 5.48. The highest BCUT2D eigenvalue weighted by molar-refractivity contribution is 7.91. The van der Waals surface area contributed by atoms with Gasteiger partial charge in [-0.15, -0.1) is 0 Å². The Hall–Kier alpha value is -1.90. The summed E-state index contributed by atoms with van der Waals surface area (Å²) in [6, 6.07) is -0.346. The highest BCUT2D eigenvalue weighted by Gasteiger charge is 2.34. The van der Waals surface area contributed by atoms with Crippen molar-refractivity contribution in [2.75, 3.05) is 24.7 Å². The maximum absolute atomic E-state index is 12.6. The fraction of sp³-hybridized carbons (Fsp3) is 0.706. The van der Waals surface area contributed by atoms with E-state index in [0.29, 0.717) is 30.8 Å². The summed E-state index contributed by atoms with van der Waals surface area (Å²) in [4.78, 5) is 26.4. The molecule has 9 heteroatoms. The Bertz CT molecular complexity index is 755. The first kappa shape index (κ1) is 20.4. The number of sulfone groups is 1. The number of carbonyl (C=O) groups excluding carboxylic acids is 2. The molecule has 1 aromatic heterocycles. The van der Waals surface area contributed by atoms with Crippen LogP contribution in [0.3, 0.4) is 0 Å². The van der Waals surface area contributed by atoms with Crippen molar-refractivity contribution >= 4 is 21.7 Å². The standard InChI is InChI=1S/C17H26N2O6S/c1-4-6-8-19(13-7-9-26(22,23)11-13)15(20)10-24-17(21)16-12(3)25-18-14(16)5-2/h13H,4-11H2,1-3H3. The monoisotopic (exact) mass is 386 g/mol. The minimum absolute atomic E-state index is 0.0266. The average Bonchev–Trinajstić information content (AvgIpc) is 3.15. The predicted molar refractivity (Wildman–Crippen MR) is 94.6 cm³/mol. The molecule has 1 aliphatic heterocycles. The third kappa shape index (κ3) is 4.84. The number of aryl methyl sites for hydroxylation is 2. The van der Waals surface area contributed by atoms with Crippen LogP contribution in [0.5, 0.6) is 0 Å². The highest BCUT2D eigenvalue weighted by Crippen LogP contribution is 2.19. The fourth-order valence-electron chi connectivity index (χ4n) is 3.06. The van der Waals surface area contributed by atoms with Crippen LogP contribution in [0.4, 0.5) is 0 Å². The Balaban J connectivity index is 2.02. The van der Waals surface area contributed by atoms with E-state index in [1.54, 1.807) is 11.8 Å². The van der Waals surface area contributed by atoms with Crippen molar-refractivity contribution in [3.63, 3.8) is 0 Å². The van der Waals surface area contributed by atoms with Crippen molar-refractivity contribution in [1.82, 2.24) is 10.1 Å². The molecule has 1 aliphatic rings. The molecule has 0 spiro atoms. The van der Waals surface area contributed by atoms with Gasteiger partial charge in [-0.25, -0.2) is 13.2 Å². The first-order valence-electron chi connectivity index (χ1n) is 8.91. The molecule has 8 nitrogen and oxygen atoms in total. The first-order chi connectivity index (χ1) is 12.3. The third-order valence-corrected chi connectivity index (χ3v) is 6.27. The maximum atomic E-state index is 12.6. The maximum Gasteiger partial charge on any atom is 0.344 e. The molecule has 1 unspecified atom stereocenters. The van der Waals surface area contributed by atoms with E-state index >= 15 is 0 Å². The number of carbonyl (C=O) groups is 2. The Morgan fingerprint density at radius 3 is 2.65 bits per heavy atom. The number of nitrogens with zero attached hydrogens (tertiary/aromatic N) is 2. The number of hydrogen-bond acceptors (Lipinski definition) is 7. The van der Waals surface area contributed by atoms with Crippen LogP contribution in [0.15, 0.2) is 4.52 Å². The van der Waals surface area contributed by atoms with Crippen LogP contribution in [0, 0.1) is 6.92 Å². The molecule has 0 aromatic carbocycles. The minimum atomic E-state index is -3.10. The van der Waals surface area contributed by atoms with Gasteiger partial charge in [0.15, 0.2) is 16.4 Å². The van der Waals surface area contributed by atoms with E-state index in [2.05, 4.69) is 5.16 Å². The van der Waals surface area contributed by atoms with Gasteiger partial charge in [0.1, 0.15) is 11.3 Å². The molecule has 2 heterocycles. The lowest BCUT2D eigenvalue weighted by Gasteiger charge is -2.28. The van der Waals surface area contributed by atoms with Gasteiger partial charge >= 0.3 is 5.97 Å². The van der Waals surface area contributed by atoms with Gasteiger partial charge in [0.05, 0.1) is 17.2 Å². The van der Waals surface area contributed by atoms with Crippen LogP contribution in [-0.2, 0) is 25.8 Å². The minimum Gasteiger partial charge on any atom is -0.452 e. The Morgan fingerprint density at radius 1 is 1.35 bits per heavy atom. The molecule has 1 aromatic rings. The van der Waals surface area contributed by atoms with Gasteiger partial charge in [-0.1, -0.05) is 25.4 Å². The summed E-state index contributed by atoms with van der Waals surface area (Å²) < 4.78 is 33.6. The molecule has 1 atom stereocenters. The lowest BCUT2D eigenvalue weighted by Crippen LogP contribution is -2.43. The van der Waals surface area contributed by atoms with E-state index in [0.717, 1.165) is 12.8 Å². The predicted octanol–water partition coefficient (Wildman–Crippen LogP) is 1.52. The summed E-state index contributed by atoms with van der Waals surface area (Å²) in [6.07, 6.45) is 2.58. The Kier molecular flexibility index (Phi) is 6.80. The van der Waals surface area contributed by atoms with Crippen LogP contribution < -0.4 is 0 Å². The quantitative estimate of drug-likeness (QED) is 0.623. The molecule has 0 aliphatic carbocycles. The normalized spacial score (nSPS) is 18.7. The van der Waals surface area contributed by atoms with E-state index < -0.39 is 22.4 Å². The van der Waals surface area contributed by atoms with Gasteiger partial charge < -0.3 is 14.2 Å². The van der Waals surface area contributed by atoms with Gasteiger partial charge in [0.25, 0.3) is 5.91 Å². The number of esters is 1. The second kappa shape index (κ2) is 8.66. The molecule has 0 bridgehead atoms. The van der Waals surface area contributed by atoms with Crippen molar-refractivity contribution < 1.29 is 27.3 Å². The van der Waals surface area contributed by atoms with Gasteiger partial charge in [0, 0.05) is 12.6 Å². The van der Waals surface area contributed by atoms with Crippen LogP contribution in [0.25, 0.3) is 0 Å². The number of hydrogen-bond donors (Lipinski definition) is 0. The lowest BCUT2D eigenvalue weighted by atomic mass is 10.1. The summed E-state index contributed by atoms with van der Waals surface area (Å²) in [5.41, 5.74) is 0.744. The summed E-state index contributed by atoms with van der Waals surface area (Å²) >= 11 is 0. The van der Waals surface area contributed by atoms with Crippen LogP contribution in [0.1, 0.15) is 54.9 Å². The van der Waals surface area contributed by atoms with E-state index in [1.165, 1.54) is 0 Å². The van der Waals surface area contributed by atoms with Gasteiger partial charge in [-0.3, -0.25) is 4.79 Å². The van der Waals surface area contributed by atoms with Crippen LogP contribution in [-0.4, -0.2) is 61.1 Å². The average molecular weight is 386 g/mol. The number of amides is 1. The topological polar surface area (TPSA) is 107 Å². The lowest BCUT2D eigenvalue weighted by molar-refractivity contribution is -0.136. The third-order valence-electron chi connectivity index (χ3n) is 4.52. The molecular formula is C17H26N2O6S. The zero-order valence-electron chi connectivity index (χ0n) is 15.5. The summed E-state index contributed by atoms with van der Waals surface area (Å²) in [5, 5.41) is 3.80. The number of rotatable bonds is 8. The molecule has 2 rings (SSSR count). The number of aromatic nitrogens is 1. The Morgan fingerprint density at radius 2 is 2.08 bits per heavy atom. The molecule has 1 amide bonds. The van der Waals surface area contributed by atoms with Crippen molar-refractivity contribution in [2.45, 2.75) is 52.5 Å². The van der Waals surface area contributed by atoms with E-state index in [-0.39, 0.29) is 29.0 Å². The number of unbranched alkanes of at least 4 members (excludes halogenated alkanes) is 1. The fourth-order valence-corrected chi connectivity index (χ4v) is 4.79. The molecule has 0 saturated carbocycles. The second-order valence-corrected chi connectivity index (χ2v) is 8.72. The van der Waals surface area contributed by atoms with Gasteiger partial charge in [-0.2, -0.15) is 0 Å². The SMILES string of the molecule is CCCCN(C(=O)COC(=O)c1c(CC)noc1C)C1CCS(=O)(=O)C1. The van der Waals surface area contributed by atoms with E-state index in [4.69, 9.17) is 9.26 Å². The second-order valence-electron chi connectivity index (χ2n) is 6.49.